The molecule has 1 unspecified atom stereocenters. The molecule has 0 aromatic carbocycles. The van der Waals surface area contributed by atoms with Crippen LogP contribution in [0.5, 0.6) is 0 Å². The highest BCUT2D eigenvalue weighted by molar-refractivity contribution is 6.00. The Morgan fingerprint density at radius 2 is 1.86 bits per heavy atom. The third kappa shape index (κ3) is 4.23. The maximum Gasteiger partial charge on any atom is 0.340 e. The number of hydrogen-bond acceptors (Lipinski definition) is 4. The lowest BCUT2D eigenvalue weighted by atomic mass is 9.96. The van der Waals surface area contributed by atoms with Gasteiger partial charge >= 0.3 is 5.97 Å². The first-order chi connectivity index (χ1) is 13.4. The van der Waals surface area contributed by atoms with Crippen molar-refractivity contribution in [1.29, 1.82) is 0 Å². The van der Waals surface area contributed by atoms with Gasteiger partial charge in [0.15, 0.2) is 0 Å². The van der Waals surface area contributed by atoms with Crippen LogP contribution in [0.1, 0.15) is 77.6 Å². The highest BCUT2D eigenvalue weighted by Gasteiger charge is 2.32. The minimum absolute atomic E-state index is 0.0657. The van der Waals surface area contributed by atoms with E-state index in [4.69, 9.17) is 4.74 Å². The summed E-state index contributed by atoms with van der Waals surface area (Å²) in [5.74, 6) is -0.676. The number of rotatable bonds is 5. The number of likely N-dealkylation sites (tertiary alicyclic amines) is 1. The second-order valence-corrected chi connectivity index (χ2v) is 7.93. The number of piperidine rings is 1. The third-order valence-corrected chi connectivity index (χ3v) is 5.91. The summed E-state index contributed by atoms with van der Waals surface area (Å²) in [4.78, 5) is 42.7. The summed E-state index contributed by atoms with van der Waals surface area (Å²) in [6, 6.07) is 0.291. The largest absolute Gasteiger partial charge is 0.462 e. The smallest absolute Gasteiger partial charge is 0.340 e. The van der Waals surface area contributed by atoms with Crippen LogP contribution in [0, 0.1) is 19.8 Å². The van der Waals surface area contributed by atoms with Gasteiger partial charge in [-0.05, 0) is 52.0 Å². The number of carbonyl (C=O) groups is 3. The molecule has 1 aliphatic heterocycles. The zero-order valence-corrected chi connectivity index (χ0v) is 17.1. The zero-order valence-electron chi connectivity index (χ0n) is 17.1. The van der Waals surface area contributed by atoms with Crippen LogP contribution in [0.2, 0.25) is 0 Å². The molecule has 0 spiro atoms. The lowest BCUT2D eigenvalue weighted by Crippen LogP contribution is -2.47. The van der Waals surface area contributed by atoms with Gasteiger partial charge in [0.1, 0.15) is 5.69 Å². The molecule has 2 N–H and O–H groups in total. The molecular formula is C21H31N3O4. The number of esters is 1. The molecule has 2 heterocycles. The Morgan fingerprint density at radius 1 is 1.14 bits per heavy atom. The number of aromatic nitrogens is 1. The van der Waals surface area contributed by atoms with E-state index in [1.807, 2.05) is 0 Å². The third-order valence-electron chi connectivity index (χ3n) is 5.91. The van der Waals surface area contributed by atoms with Crippen LogP contribution in [-0.4, -0.2) is 53.4 Å². The quantitative estimate of drug-likeness (QED) is 0.758. The molecule has 2 aliphatic rings. The molecule has 2 amide bonds. The Hall–Kier alpha value is -2.31. The van der Waals surface area contributed by atoms with Crippen molar-refractivity contribution < 1.29 is 19.1 Å². The van der Waals surface area contributed by atoms with E-state index < -0.39 is 5.97 Å². The van der Waals surface area contributed by atoms with Gasteiger partial charge in [0.25, 0.3) is 5.91 Å². The van der Waals surface area contributed by atoms with E-state index in [9.17, 15) is 14.4 Å². The van der Waals surface area contributed by atoms with E-state index in [0.717, 1.165) is 25.7 Å². The summed E-state index contributed by atoms with van der Waals surface area (Å²) in [5.41, 5.74) is 2.08. The van der Waals surface area contributed by atoms with Gasteiger partial charge in [0.05, 0.1) is 18.1 Å². The molecule has 28 heavy (non-hydrogen) atoms. The van der Waals surface area contributed by atoms with Crippen molar-refractivity contribution in [1.82, 2.24) is 15.2 Å². The number of ether oxygens (including phenoxy) is 1. The molecule has 1 atom stereocenters. The molecule has 1 aromatic rings. The first kappa shape index (κ1) is 20.4. The molecule has 1 aliphatic carbocycles. The lowest BCUT2D eigenvalue weighted by Gasteiger charge is -2.32. The molecule has 3 rings (SSSR count). The van der Waals surface area contributed by atoms with Gasteiger partial charge in [-0.25, -0.2) is 4.79 Å². The molecule has 7 nitrogen and oxygen atoms in total. The molecule has 7 heteroatoms. The molecule has 1 saturated heterocycles. The van der Waals surface area contributed by atoms with Crippen molar-refractivity contribution >= 4 is 17.8 Å². The Morgan fingerprint density at radius 3 is 2.54 bits per heavy atom. The van der Waals surface area contributed by atoms with Crippen LogP contribution >= 0.6 is 0 Å². The number of aryl methyl sites for hydroxylation is 1. The average Bonchev–Trinajstić information content (AvgIpc) is 3.29. The fourth-order valence-electron chi connectivity index (χ4n) is 4.40. The van der Waals surface area contributed by atoms with Crippen molar-refractivity contribution in [2.24, 2.45) is 5.92 Å². The molecule has 2 fully saturated rings. The number of amides is 2. The Kier molecular flexibility index (Phi) is 6.42. The van der Waals surface area contributed by atoms with Crippen LogP contribution < -0.4 is 5.32 Å². The van der Waals surface area contributed by atoms with Crippen LogP contribution in [-0.2, 0) is 9.53 Å². The van der Waals surface area contributed by atoms with E-state index in [1.165, 1.54) is 12.8 Å². The fourth-order valence-corrected chi connectivity index (χ4v) is 4.40. The van der Waals surface area contributed by atoms with Crippen LogP contribution in [0.3, 0.4) is 0 Å². The standard InChI is InChI=1S/C21H31N3O4/c1-4-28-21(27)17-13(2)18(22-14(17)3)20(26)24-11-7-8-15(12-24)19(25)23-16-9-5-6-10-16/h15-16,22H,4-12H2,1-3H3,(H,23,25). The van der Waals surface area contributed by atoms with Gasteiger partial charge in [0.2, 0.25) is 5.91 Å². The average molecular weight is 389 g/mol. The fraction of sp³-hybridized carbons (Fsp3) is 0.667. The molecule has 154 valence electrons. The number of carbonyl (C=O) groups excluding carboxylic acids is 3. The summed E-state index contributed by atoms with van der Waals surface area (Å²) in [6.07, 6.45) is 6.07. The molecule has 1 saturated carbocycles. The lowest BCUT2D eigenvalue weighted by molar-refractivity contribution is -0.127. The van der Waals surface area contributed by atoms with E-state index in [1.54, 1.807) is 25.7 Å². The number of nitrogens with zero attached hydrogens (tertiary/aromatic N) is 1. The van der Waals surface area contributed by atoms with Gasteiger partial charge < -0.3 is 19.9 Å². The Balaban J connectivity index is 1.69. The predicted molar refractivity (Wildman–Crippen MR) is 105 cm³/mol. The molecular weight excluding hydrogens is 358 g/mol. The summed E-state index contributed by atoms with van der Waals surface area (Å²) < 4.78 is 5.10. The van der Waals surface area contributed by atoms with Crippen LogP contribution in [0.25, 0.3) is 0 Å². The normalized spacial score (nSPS) is 20.2. The van der Waals surface area contributed by atoms with E-state index >= 15 is 0 Å². The monoisotopic (exact) mass is 389 g/mol. The van der Waals surface area contributed by atoms with E-state index in [0.29, 0.717) is 41.6 Å². The summed E-state index contributed by atoms with van der Waals surface area (Å²) in [6.45, 7) is 6.62. The second-order valence-electron chi connectivity index (χ2n) is 7.93. The first-order valence-electron chi connectivity index (χ1n) is 10.4. The number of nitrogens with one attached hydrogen (secondary N) is 2. The Labute approximate surface area is 166 Å². The SMILES string of the molecule is CCOC(=O)c1c(C)[nH]c(C(=O)N2CCCC(C(=O)NC3CCCC3)C2)c1C. The minimum Gasteiger partial charge on any atom is -0.462 e. The number of aromatic amines is 1. The maximum absolute atomic E-state index is 13.1. The topological polar surface area (TPSA) is 91.5 Å². The molecule has 0 bridgehead atoms. The Bertz CT molecular complexity index is 749. The van der Waals surface area contributed by atoms with Gasteiger partial charge in [0, 0.05) is 24.8 Å². The van der Waals surface area contributed by atoms with E-state index in [2.05, 4.69) is 10.3 Å². The summed E-state index contributed by atoms with van der Waals surface area (Å²) in [5, 5.41) is 3.16. The molecule has 1 aromatic heterocycles. The predicted octanol–water partition coefficient (Wildman–Crippen LogP) is 2.72. The number of H-pyrrole nitrogens is 1. The molecule has 0 radical (unpaired) electrons. The van der Waals surface area contributed by atoms with Crippen molar-refractivity contribution in [2.45, 2.75) is 65.3 Å². The van der Waals surface area contributed by atoms with Gasteiger partial charge in [-0.1, -0.05) is 12.8 Å². The maximum atomic E-state index is 13.1. The summed E-state index contributed by atoms with van der Waals surface area (Å²) >= 11 is 0. The van der Waals surface area contributed by atoms with Crippen molar-refractivity contribution in [3.05, 3.63) is 22.5 Å². The van der Waals surface area contributed by atoms with Crippen molar-refractivity contribution in [3.8, 4) is 0 Å². The number of hydrogen-bond donors (Lipinski definition) is 2. The van der Waals surface area contributed by atoms with Gasteiger partial charge in [-0.2, -0.15) is 0 Å². The zero-order chi connectivity index (χ0) is 20.3. The van der Waals surface area contributed by atoms with Crippen LogP contribution in [0.4, 0.5) is 0 Å². The highest BCUT2D eigenvalue weighted by Crippen LogP contribution is 2.25. The second kappa shape index (κ2) is 8.80. The highest BCUT2D eigenvalue weighted by atomic mass is 16.5. The van der Waals surface area contributed by atoms with E-state index in [-0.39, 0.29) is 24.3 Å². The summed E-state index contributed by atoms with van der Waals surface area (Å²) in [7, 11) is 0. The first-order valence-corrected chi connectivity index (χ1v) is 10.4. The van der Waals surface area contributed by atoms with Crippen molar-refractivity contribution in [2.75, 3.05) is 19.7 Å². The van der Waals surface area contributed by atoms with Crippen LogP contribution in [0.15, 0.2) is 0 Å². The van der Waals surface area contributed by atoms with Gasteiger partial charge in [-0.3, -0.25) is 9.59 Å². The van der Waals surface area contributed by atoms with Gasteiger partial charge in [-0.15, -0.1) is 0 Å². The van der Waals surface area contributed by atoms with Crippen molar-refractivity contribution in [3.63, 3.8) is 0 Å². The minimum atomic E-state index is -0.416.